The third-order valence-corrected chi connectivity index (χ3v) is 2.85. The number of carbonyl (C=O) groups is 1. The van der Waals surface area contributed by atoms with Gasteiger partial charge in [-0.3, -0.25) is 4.79 Å². The number of carboxylic acid groups (broad SMARTS) is 1. The van der Waals surface area contributed by atoms with Gasteiger partial charge in [0.25, 0.3) is 0 Å². The first-order chi connectivity index (χ1) is 8.99. The number of methoxy groups -OCH3 is 1. The number of hydrogen-bond donors (Lipinski definition) is 1. The van der Waals surface area contributed by atoms with Crippen LogP contribution in [0.15, 0.2) is 18.2 Å². The third-order valence-electron chi connectivity index (χ3n) is 2.85. The minimum Gasteiger partial charge on any atom is -0.495 e. The number of rotatable bonds is 6. The van der Waals surface area contributed by atoms with Gasteiger partial charge in [0.15, 0.2) is 0 Å². The summed E-state index contributed by atoms with van der Waals surface area (Å²) in [5.74, 6) is -0.799. The average Bonchev–Trinajstić information content (AvgIpc) is 2.37. The maximum Gasteiger partial charge on any atom is 0.308 e. The number of aliphatic carboxylic acids is 1. The van der Waals surface area contributed by atoms with Gasteiger partial charge in [0.1, 0.15) is 12.3 Å². The Kier molecular flexibility index (Phi) is 5.19. The highest BCUT2D eigenvalue weighted by Gasteiger charge is 2.19. The summed E-state index contributed by atoms with van der Waals surface area (Å²) < 4.78 is 5.27. The predicted octanol–water partition coefficient (Wildman–Crippen LogP) is 2.05. The van der Waals surface area contributed by atoms with E-state index in [2.05, 4.69) is 6.07 Å². The van der Waals surface area contributed by atoms with Crippen LogP contribution in [-0.4, -0.2) is 31.3 Å². The molecule has 1 aromatic carbocycles. The molecule has 0 fully saturated rings. The van der Waals surface area contributed by atoms with Crippen LogP contribution in [0.4, 0.5) is 5.69 Å². The van der Waals surface area contributed by atoms with Gasteiger partial charge in [0, 0.05) is 6.54 Å². The molecule has 19 heavy (non-hydrogen) atoms. The van der Waals surface area contributed by atoms with E-state index in [1.54, 1.807) is 18.9 Å². The summed E-state index contributed by atoms with van der Waals surface area (Å²) in [5.41, 5.74) is 1.78. The van der Waals surface area contributed by atoms with Crippen LogP contribution in [0.1, 0.15) is 12.5 Å². The number of aryl methyl sites for hydroxylation is 1. The molecule has 1 unspecified atom stereocenters. The molecule has 0 saturated heterocycles. The van der Waals surface area contributed by atoms with E-state index >= 15 is 0 Å². The zero-order valence-corrected chi connectivity index (χ0v) is 11.4. The van der Waals surface area contributed by atoms with Crippen molar-refractivity contribution in [2.45, 2.75) is 13.8 Å². The van der Waals surface area contributed by atoms with Gasteiger partial charge in [0.05, 0.1) is 24.8 Å². The fourth-order valence-corrected chi connectivity index (χ4v) is 1.79. The molecule has 0 amide bonds. The molecule has 5 nitrogen and oxygen atoms in total. The van der Waals surface area contributed by atoms with Crippen molar-refractivity contribution >= 4 is 11.7 Å². The van der Waals surface area contributed by atoms with Crippen molar-refractivity contribution in [3.8, 4) is 11.8 Å². The molecular weight excluding hydrogens is 244 g/mol. The minimum absolute atomic E-state index is 0.122. The molecule has 0 spiro atoms. The van der Waals surface area contributed by atoms with Crippen molar-refractivity contribution in [3.63, 3.8) is 0 Å². The first-order valence-electron chi connectivity index (χ1n) is 5.99. The maximum atomic E-state index is 11.0. The van der Waals surface area contributed by atoms with E-state index in [9.17, 15) is 4.79 Å². The van der Waals surface area contributed by atoms with Gasteiger partial charge in [-0.15, -0.1) is 0 Å². The monoisotopic (exact) mass is 262 g/mol. The van der Waals surface area contributed by atoms with E-state index < -0.39 is 11.9 Å². The third kappa shape index (κ3) is 3.88. The zero-order chi connectivity index (χ0) is 14.4. The predicted molar refractivity (Wildman–Crippen MR) is 72.4 cm³/mol. The fraction of sp³-hybridized carbons (Fsp3) is 0.429. The van der Waals surface area contributed by atoms with E-state index in [-0.39, 0.29) is 13.1 Å². The van der Waals surface area contributed by atoms with Gasteiger partial charge in [-0.1, -0.05) is 13.0 Å². The number of nitrogens with zero attached hydrogens (tertiary/aromatic N) is 2. The number of anilines is 1. The van der Waals surface area contributed by atoms with Crippen molar-refractivity contribution in [1.82, 2.24) is 0 Å². The van der Waals surface area contributed by atoms with Crippen molar-refractivity contribution in [3.05, 3.63) is 23.8 Å². The summed E-state index contributed by atoms with van der Waals surface area (Å²) in [5, 5.41) is 17.9. The van der Waals surface area contributed by atoms with Crippen LogP contribution < -0.4 is 9.64 Å². The number of carboxylic acids is 1. The second-order valence-corrected chi connectivity index (χ2v) is 4.45. The highest BCUT2D eigenvalue weighted by molar-refractivity contribution is 5.71. The zero-order valence-electron chi connectivity index (χ0n) is 11.4. The number of benzene rings is 1. The molecular formula is C14H18N2O3. The molecule has 0 aliphatic rings. The lowest BCUT2D eigenvalue weighted by Crippen LogP contribution is -2.32. The molecule has 1 aromatic rings. The summed E-state index contributed by atoms with van der Waals surface area (Å²) >= 11 is 0. The first-order valence-corrected chi connectivity index (χ1v) is 5.99. The first kappa shape index (κ1) is 14.8. The Labute approximate surface area is 113 Å². The van der Waals surface area contributed by atoms with E-state index in [1.165, 1.54) is 0 Å². The Morgan fingerprint density at radius 1 is 1.58 bits per heavy atom. The molecule has 0 saturated carbocycles. The van der Waals surface area contributed by atoms with Crippen LogP contribution in [0.5, 0.6) is 5.75 Å². The van der Waals surface area contributed by atoms with E-state index in [0.29, 0.717) is 5.75 Å². The Morgan fingerprint density at radius 3 is 2.79 bits per heavy atom. The van der Waals surface area contributed by atoms with Gasteiger partial charge in [-0.05, 0) is 24.6 Å². The molecule has 1 N–H and O–H groups in total. The van der Waals surface area contributed by atoms with Crippen molar-refractivity contribution in [2.75, 3.05) is 25.1 Å². The number of ether oxygens (including phenoxy) is 1. The largest absolute Gasteiger partial charge is 0.495 e. The van der Waals surface area contributed by atoms with Gasteiger partial charge < -0.3 is 14.7 Å². The van der Waals surface area contributed by atoms with E-state index in [0.717, 1.165) is 11.3 Å². The smallest absolute Gasteiger partial charge is 0.308 e. The standard InChI is InChI=1S/C14H18N2O3/c1-10-4-5-13(19-3)12(8-10)16(7-6-15)9-11(2)14(17)18/h4-5,8,11H,7,9H2,1-3H3,(H,17,18). The lowest BCUT2D eigenvalue weighted by Gasteiger charge is -2.25. The summed E-state index contributed by atoms with van der Waals surface area (Å²) in [6.45, 7) is 3.95. The topological polar surface area (TPSA) is 73.6 Å². The molecule has 0 aromatic heterocycles. The Balaban J connectivity index is 3.08. The quantitative estimate of drug-likeness (QED) is 0.794. The van der Waals surface area contributed by atoms with Crippen molar-refractivity contribution < 1.29 is 14.6 Å². The highest BCUT2D eigenvalue weighted by Crippen LogP contribution is 2.29. The van der Waals surface area contributed by atoms with Crippen LogP contribution in [-0.2, 0) is 4.79 Å². The minimum atomic E-state index is -0.880. The molecule has 0 aliphatic carbocycles. The second kappa shape index (κ2) is 6.64. The van der Waals surface area contributed by atoms with Gasteiger partial charge in [-0.25, -0.2) is 0 Å². The SMILES string of the molecule is COc1ccc(C)cc1N(CC#N)CC(C)C(=O)O. The molecule has 0 bridgehead atoms. The lowest BCUT2D eigenvalue weighted by atomic mass is 10.1. The molecule has 0 heterocycles. The molecule has 0 radical (unpaired) electrons. The van der Waals surface area contributed by atoms with Crippen LogP contribution in [0.25, 0.3) is 0 Å². The summed E-state index contributed by atoms with van der Waals surface area (Å²) in [6, 6.07) is 7.68. The van der Waals surface area contributed by atoms with Gasteiger partial charge in [0.2, 0.25) is 0 Å². The molecule has 1 rings (SSSR count). The number of nitriles is 1. The summed E-state index contributed by atoms with van der Waals surface area (Å²) in [7, 11) is 1.55. The molecule has 5 heteroatoms. The van der Waals surface area contributed by atoms with Crippen molar-refractivity contribution in [1.29, 1.82) is 5.26 Å². The highest BCUT2D eigenvalue weighted by atomic mass is 16.5. The Hall–Kier alpha value is -2.22. The Bertz CT molecular complexity index is 494. The summed E-state index contributed by atoms with van der Waals surface area (Å²) in [6.07, 6.45) is 0. The molecule has 102 valence electrons. The molecule has 0 aliphatic heterocycles. The lowest BCUT2D eigenvalue weighted by molar-refractivity contribution is -0.140. The van der Waals surface area contributed by atoms with Crippen LogP contribution in [0, 0.1) is 24.2 Å². The fourth-order valence-electron chi connectivity index (χ4n) is 1.79. The second-order valence-electron chi connectivity index (χ2n) is 4.45. The van der Waals surface area contributed by atoms with Crippen LogP contribution >= 0.6 is 0 Å². The van der Waals surface area contributed by atoms with Gasteiger partial charge in [-0.2, -0.15) is 5.26 Å². The summed E-state index contributed by atoms with van der Waals surface area (Å²) in [4.78, 5) is 12.7. The van der Waals surface area contributed by atoms with Crippen LogP contribution in [0.3, 0.4) is 0 Å². The molecule has 1 atom stereocenters. The van der Waals surface area contributed by atoms with E-state index in [4.69, 9.17) is 15.1 Å². The van der Waals surface area contributed by atoms with Crippen LogP contribution in [0.2, 0.25) is 0 Å². The van der Waals surface area contributed by atoms with Gasteiger partial charge >= 0.3 is 5.97 Å². The van der Waals surface area contributed by atoms with E-state index in [1.807, 2.05) is 25.1 Å². The Morgan fingerprint density at radius 2 is 2.26 bits per heavy atom. The normalized spacial score (nSPS) is 11.5. The maximum absolute atomic E-state index is 11.0. The average molecular weight is 262 g/mol. The number of hydrogen-bond acceptors (Lipinski definition) is 4. The van der Waals surface area contributed by atoms with Crippen molar-refractivity contribution in [2.24, 2.45) is 5.92 Å².